The SMILES string of the molecule is C=CC(/C=C\C=N)=C/OCCOCC[n+]1cccc(C=C)c1. The number of hydrogen-bond acceptors (Lipinski definition) is 3. The summed E-state index contributed by atoms with van der Waals surface area (Å²) < 4.78 is 13.0. The minimum atomic E-state index is 0.479. The van der Waals surface area contributed by atoms with Gasteiger partial charge in [-0.25, -0.2) is 4.57 Å². The highest BCUT2D eigenvalue weighted by atomic mass is 16.5. The normalized spacial score (nSPS) is 11.4. The van der Waals surface area contributed by atoms with Crippen molar-refractivity contribution in [3.63, 3.8) is 0 Å². The Labute approximate surface area is 132 Å². The van der Waals surface area contributed by atoms with Gasteiger partial charge in [-0.05, 0) is 12.1 Å². The van der Waals surface area contributed by atoms with Crippen LogP contribution in [0.25, 0.3) is 6.08 Å². The second-order valence-corrected chi connectivity index (χ2v) is 4.41. The Bertz CT molecular complexity index is 548. The van der Waals surface area contributed by atoms with Crippen LogP contribution in [-0.4, -0.2) is 26.0 Å². The summed E-state index contributed by atoms with van der Waals surface area (Å²) in [4.78, 5) is 0. The molecule has 1 aromatic rings. The number of nitrogens with one attached hydrogen (secondary N) is 1. The molecule has 1 heterocycles. The fourth-order valence-corrected chi connectivity index (χ4v) is 1.65. The molecule has 0 aliphatic rings. The molecular formula is C18H23N2O2+. The van der Waals surface area contributed by atoms with Gasteiger partial charge in [-0.3, -0.25) is 0 Å². The molecule has 0 bridgehead atoms. The molecule has 0 aliphatic carbocycles. The minimum absolute atomic E-state index is 0.479. The maximum Gasteiger partial charge on any atom is 0.176 e. The number of rotatable bonds is 11. The predicted octanol–water partition coefficient (Wildman–Crippen LogP) is 2.93. The first-order valence-electron chi connectivity index (χ1n) is 7.10. The summed E-state index contributed by atoms with van der Waals surface area (Å²) in [5.74, 6) is 0. The molecule has 0 saturated heterocycles. The molecular weight excluding hydrogens is 276 g/mol. The summed E-state index contributed by atoms with van der Waals surface area (Å²) in [5.41, 5.74) is 1.91. The molecule has 0 atom stereocenters. The zero-order chi connectivity index (χ0) is 16.0. The van der Waals surface area contributed by atoms with E-state index in [-0.39, 0.29) is 0 Å². The van der Waals surface area contributed by atoms with Crippen molar-refractivity contribution in [2.75, 3.05) is 19.8 Å². The summed E-state index contributed by atoms with van der Waals surface area (Å²) in [6, 6.07) is 4.00. The molecule has 0 saturated carbocycles. The van der Waals surface area contributed by atoms with Crippen molar-refractivity contribution in [3.05, 3.63) is 73.3 Å². The summed E-state index contributed by atoms with van der Waals surface area (Å²) in [6.07, 6.45) is 13.7. The highest BCUT2D eigenvalue weighted by molar-refractivity contribution is 5.68. The number of hydrogen-bond donors (Lipinski definition) is 1. The molecule has 0 fully saturated rings. The zero-order valence-electron chi connectivity index (χ0n) is 12.8. The van der Waals surface area contributed by atoms with E-state index in [0.717, 1.165) is 17.7 Å². The van der Waals surface area contributed by atoms with E-state index < -0.39 is 0 Å². The van der Waals surface area contributed by atoms with Crippen LogP contribution in [-0.2, 0) is 16.0 Å². The van der Waals surface area contributed by atoms with E-state index in [1.54, 1.807) is 24.5 Å². The number of pyridine rings is 1. The van der Waals surface area contributed by atoms with Gasteiger partial charge in [0, 0.05) is 23.4 Å². The third-order valence-corrected chi connectivity index (χ3v) is 2.80. The van der Waals surface area contributed by atoms with Crippen LogP contribution in [0.2, 0.25) is 0 Å². The van der Waals surface area contributed by atoms with Gasteiger partial charge in [-0.15, -0.1) is 0 Å². The van der Waals surface area contributed by atoms with Crippen molar-refractivity contribution in [3.8, 4) is 0 Å². The summed E-state index contributed by atoms with van der Waals surface area (Å²) >= 11 is 0. The Hall–Kier alpha value is -2.46. The van der Waals surface area contributed by atoms with E-state index >= 15 is 0 Å². The number of allylic oxidation sites excluding steroid dienone is 4. The lowest BCUT2D eigenvalue weighted by molar-refractivity contribution is -0.698. The number of nitrogens with zero attached hydrogens (tertiary/aromatic N) is 1. The van der Waals surface area contributed by atoms with Crippen molar-refractivity contribution >= 4 is 12.3 Å². The van der Waals surface area contributed by atoms with Crippen molar-refractivity contribution in [1.29, 1.82) is 5.41 Å². The molecule has 22 heavy (non-hydrogen) atoms. The van der Waals surface area contributed by atoms with Gasteiger partial charge in [-0.1, -0.05) is 31.4 Å². The smallest absolute Gasteiger partial charge is 0.176 e. The molecule has 4 nitrogen and oxygen atoms in total. The van der Waals surface area contributed by atoms with E-state index in [4.69, 9.17) is 14.9 Å². The standard InChI is InChI=1S/C18H23N2O2/c1-3-17-8-6-10-20(15-17)11-12-21-13-14-22-16-18(4-2)7-5-9-19/h3-10,15-16,19H,1-2,11-14H2/q+1/b7-5-,18-16-,19-9?. The molecule has 0 radical (unpaired) electrons. The van der Waals surface area contributed by atoms with Gasteiger partial charge >= 0.3 is 0 Å². The Kier molecular flexibility index (Phi) is 8.98. The first-order chi connectivity index (χ1) is 10.8. The van der Waals surface area contributed by atoms with E-state index in [1.165, 1.54) is 6.21 Å². The Morgan fingerprint density at radius 2 is 2.14 bits per heavy atom. The van der Waals surface area contributed by atoms with Crippen LogP contribution in [0.5, 0.6) is 0 Å². The Balaban J connectivity index is 2.18. The van der Waals surface area contributed by atoms with Crippen molar-refractivity contribution in [2.45, 2.75) is 6.54 Å². The summed E-state index contributed by atoms with van der Waals surface area (Å²) in [6.45, 7) is 9.84. The van der Waals surface area contributed by atoms with E-state index in [1.807, 2.05) is 30.6 Å². The highest BCUT2D eigenvalue weighted by Crippen LogP contribution is 1.98. The zero-order valence-corrected chi connectivity index (χ0v) is 12.8. The summed E-state index contributed by atoms with van der Waals surface area (Å²) in [5, 5.41) is 6.92. The lowest BCUT2D eigenvalue weighted by Gasteiger charge is -2.03. The van der Waals surface area contributed by atoms with E-state index in [2.05, 4.69) is 17.7 Å². The van der Waals surface area contributed by atoms with Gasteiger partial charge < -0.3 is 14.9 Å². The van der Waals surface area contributed by atoms with E-state index in [9.17, 15) is 0 Å². The second-order valence-electron chi connectivity index (χ2n) is 4.41. The first kappa shape index (κ1) is 17.6. The molecule has 1 aromatic heterocycles. The Morgan fingerprint density at radius 1 is 1.27 bits per heavy atom. The van der Waals surface area contributed by atoms with Crippen LogP contribution in [0, 0.1) is 5.41 Å². The van der Waals surface area contributed by atoms with Gasteiger partial charge in [0.15, 0.2) is 18.9 Å². The Morgan fingerprint density at radius 3 is 2.86 bits per heavy atom. The molecule has 116 valence electrons. The fourth-order valence-electron chi connectivity index (χ4n) is 1.65. The lowest BCUT2D eigenvalue weighted by atomic mass is 10.3. The topological polar surface area (TPSA) is 46.2 Å². The molecule has 0 aliphatic heterocycles. The molecule has 4 heteroatoms. The molecule has 0 aromatic carbocycles. The number of aromatic nitrogens is 1. The first-order valence-corrected chi connectivity index (χ1v) is 7.10. The maximum atomic E-state index is 6.92. The molecule has 1 N–H and O–H groups in total. The monoisotopic (exact) mass is 299 g/mol. The van der Waals surface area contributed by atoms with Crippen LogP contribution in [0.1, 0.15) is 5.56 Å². The number of ether oxygens (including phenoxy) is 2. The van der Waals surface area contributed by atoms with Crippen LogP contribution in [0.3, 0.4) is 0 Å². The summed E-state index contributed by atoms with van der Waals surface area (Å²) in [7, 11) is 0. The van der Waals surface area contributed by atoms with Gasteiger partial charge in [-0.2, -0.15) is 0 Å². The second kappa shape index (κ2) is 11.2. The third kappa shape index (κ3) is 7.36. The molecule has 1 rings (SSSR count). The van der Waals surface area contributed by atoms with Gasteiger partial charge in [0.25, 0.3) is 0 Å². The maximum absolute atomic E-state index is 6.92. The van der Waals surface area contributed by atoms with Crippen molar-refractivity contribution < 1.29 is 14.0 Å². The van der Waals surface area contributed by atoms with Crippen LogP contribution in [0.15, 0.2) is 67.7 Å². The van der Waals surface area contributed by atoms with Crippen LogP contribution >= 0.6 is 0 Å². The minimum Gasteiger partial charge on any atom is -0.498 e. The van der Waals surface area contributed by atoms with Crippen molar-refractivity contribution in [2.24, 2.45) is 0 Å². The van der Waals surface area contributed by atoms with Gasteiger partial charge in [0.1, 0.15) is 13.2 Å². The molecule has 0 unspecified atom stereocenters. The molecule has 0 spiro atoms. The van der Waals surface area contributed by atoms with E-state index in [0.29, 0.717) is 19.8 Å². The quantitative estimate of drug-likeness (QED) is 0.224. The average Bonchev–Trinajstić information content (AvgIpc) is 2.57. The van der Waals surface area contributed by atoms with Gasteiger partial charge in [0.05, 0.1) is 12.9 Å². The average molecular weight is 299 g/mol. The fraction of sp³-hybridized carbons (Fsp3) is 0.222. The van der Waals surface area contributed by atoms with Crippen LogP contribution in [0.4, 0.5) is 0 Å². The largest absolute Gasteiger partial charge is 0.498 e. The molecule has 0 amide bonds. The highest BCUT2D eigenvalue weighted by Gasteiger charge is 2.00. The third-order valence-electron chi connectivity index (χ3n) is 2.80. The predicted molar refractivity (Wildman–Crippen MR) is 89.7 cm³/mol. The van der Waals surface area contributed by atoms with Crippen LogP contribution < -0.4 is 4.57 Å². The van der Waals surface area contributed by atoms with Gasteiger partial charge in [0.2, 0.25) is 0 Å². The lowest BCUT2D eigenvalue weighted by Crippen LogP contribution is -2.35. The van der Waals surface area contributed by atoms with Crippen molar-refractivity contribution in [1.82, 2.24) is 0 Å².